The summed E-state index contributed by atoms with van der Waals surface area (Å²) < 4.78 is 0. The lowest BCUT2D eigenvalue weighted by Gasteiger charge is -2.21. The minimum atomic E-state index is 1.27. The van der Waals surface area contributed by atoms with Crippen LogP contribution in [-0.4, -0.2) is 0 Å². The number of hydrogen-bond donors (Lipinski definition) is 0. The van der Waals surface area contributed by atoms with Gasteiger partial charge in [0.25, 0.3) is 0 Å². The van der Waals surface area contributed by atoms with Crippen LogP contribution < -0.4 is 0 Å². The van der Waals surface area contributed by atoms with E-state index in [2.05, 4.69) is 121 Å². The number of rotatable bonds is 1. The molecular formula is C34H20. The third-order valence-electron chi connectivity index (χ3n) is 7.56. The molecule has 0 heterocycles. The summed E-state index contributed by atoms with van der Waals surface area (Å²) in [5.41, 5.74) is 2.60. The molecular weight excluding hydrogens is 408 g/mol. The predicted molar refractivity (Wildman–Crippen MR) is 148 cm³/mol. The van der Waals surface area contributed by atoms with Gasteiger partial charge in [0, 0.05) is 0 Å². The van der Waals surface area contributed by atoms with Gasteiger partial charge in [0.15, 0.2) is 0 Å². The highest BCUT2D eigenvalue weighted by Gasteiger charge is 2.20. The van der Waals surface area contributed by atoms with Crippen LogP contribution >= 0.6 is 0 Å². The van der Waals surface area contributed by atoms with E-state index in [1.807, 2.05) is 0 Å². The van der Waals surface area contributed by atoms with E-state index in [4.69, 9.17) is 0 Å². The van der Waals surface area contributed by atoms with Crippen LogP contribution in [0.3, 0.4) is 0 Å². The Morgan fingerprint density at radius 3 is 1.59 bits per heavy atom. The van der Waals surface area contributed by atoms with Gasteiger partial charge in [0.1, 0.15) is 0 Å². The molecule has 0 unspecified atom stereocenters. The van der Waals surface area contributed by atoms with Crippen LogP contribution in [0.15, 0.2) is 121 Å². The predicted octanol–water partition coefficient (Wildman–Crippen LogP) is 9.71. The Morgan fingerprint density at radius 2 is 0.824 bits per heavy atom. The van der Waals surface area contributed by atoms with Crippen molar-refractivity contribution in [3.8, 4) is 11.1 Å². The molecule has 0 aliphatic carbocycles. The van der Waals surface area contributed by atoms with Crippen molar-refractivity contribution in [1.82, 2.24) is 0 Å². The van der Waals surface area contributed by atoms with Crippen LogP contribution in [0.2, 0.25) is 0 Å². The van der Waals surface area contributed by atoms with E-state index in [0.29, 0.717) is 0 Å². The smallest absolute Gasteiger partial charge is 0.000742 e. The van der Waals surface area contributed by atoms with Gasteiger partial charge in [-0.05, 0) is 81.8 Å². The number of hydrogen-bond acceptors (Lipinski definition) is 0. The van der Waals surface area contributed by atoms with Crippen LogP contribution in [0.5, 0.6) is 0 Å². The lowest BCUT2D eigenvalue weighted by atomic mass is 9.82. The van der Waals surface area contributed by atoms with Gasteiger partial charge in [-0.1, -0.05) is 115 Å². The molecule has 0 saturated heterocycles. The molecule has 0 aliphatic rings. The fourth-order valence-electron chi connectivity index (χ4n) is 6.22. The minimum absolute atomic E-state index is 1.27. The maximum atomic E-state index is 2.42. The summed E-state index contributed by atoms with van der Waals surface area (Å²) in [5, 5.41) is 16.0. The Morgan fingerprint density at radius 1 is 0.294 bits per heavy atom. The van der Waals surface area contributed by atoms with E-state index in [0.717, 1.165) is 0 Å². The van der Waals surface area contributed by atoms with Crippen LogP contribution in [0.4, 0.5) is 0 Å². The average molecular weight is 429 g/mol. The summed E-state index contributed by atoms with van der Waals surface area (Å²) >= 11 is 0. The molecule has 0 amide bonds. The summed E-state index contributed by atoms with van der Waals surface area (Å²) in [5.74, 6) is 0. The molecule has 34 heavy (non-hydrogen) atoms. The first-order chi connectivity index (χ1) is 16.9. The first-order valence-corrected chi connectivity index (χ1v) is 11.9. The van der Waals surface area contributed by atoms with Crippen molar-refractivity contribution in [1.29, 1.82) is 0 Å². The zero-order chi connectivity index (χ0) is 22.2. The van der Waals surface area contributed by atoms with Crippen molar-refractivity contribution in [2.75, 3.05) is 0 Å². The highest BCUT2D eigenvalue weighted by atomic mass is 14.2. The standard InChI is InChI=1S/C34H20/c1-2-10-21(11-3-1)31-26-15-7-6-14-24(26)27-17-9-19-29-28-18-8-16-25-23-13-5-4-12-22(23)20-30(32(25)28)34(31)33(27)29/h1-20H. The van der Waals surface area contributed by atoms with Crippen molar-refractivity contribution in [3.05, 3.63) is 121 Å². The molecule has 8 aromatic rings. The molecule has 0 heteroatoms. The third-order valence-corrected chi connectivity index (χ3v) is 7.56. The van der Waals surface area contributed by atoms with E-state index >= 15 is 0 Å². The first kappa shape index (κ1) is 18.1. The van der Waals surface area contributed by atoms with Gasteiger partial charge in [-0.2, -0.15) is 0 Å². The molecule has 0 aromatic heterocycles. The van der Waals surface area contributed by atoms with E-state index in [9.17, 15) is 0 Å². The molecule has 0 fully saturated rings. The van der Waals surface area contributed by atoms with Crippen LogP contribution in [-0.2, 0) is 0 Å². The molecule has 0 aliphatic heterocycles. The normalized spacial score (nSPS) is 12.1. The monoisotopic (exact) mass is 428 g/mol. The Kier molecular flexibility index (Phi) is 3.48. The summed E-state index contributed by atoms with van der Waals surface area (Å²) in [4.78, 5) is 0. The number of benzene rings is 8. The maximum absolute atomic E-state index is 2.42. The molecule has 8 rings (SSSR count). The topological polar surface area (TPSA) is 0 Å². The van der Waals surface area contributed by atoms with E-state index in [1.165, 1.54) is 75.8 Å². The van der Waals surface area contributed by atoms with Crippen LogP contribution in [0.1, 0.15) is 0 Å². The highest BCUT2D eigenvalue weighted by molar-refractivity contribution is 6.41. The average Bonchev–Trinajstić information content (AvgIpc) is 2.91. The van der Waals surface area contributed by atoms with E-state index in [-0.39, 0.29) is 0 Å². The maximum Gasteiger partial charge on any atom is -0.000742 e. The van der Waals surface area contributed by atoms with Crippen molar-refractivity contribution >= 4 is 64.6 Å². The second-order valence-corrected chi connectivity index (χ2v) is 9.26. The summed E-state index contributed by atoms with van der Waals surface area (Å²) in [6.45, 7) is 0. The fraction of sp³-hybridized carbons (Fsp3) is 0. The van der Waals surface area contributed by atoms with Gasteiger partial charge in [-0.25, -0.2) is 0 Å². The second-order valence-electron chi connectivity index (χ2n) is 9.26. The van der Waals surface area contributed by atoms with Gasteiger partial charge >= 0.3 is 0 Å². The molecule has 0 spiro atoms. The largest absolute Gasteiger partial charge is 0.0622 e. The summed E-state index contributed by atoms with van der Waals surface area (Å²) in [6.07, 6.45) is 0. The molecule has 0 nitrogen and oxygen atoms in total. The molecule has 0 radical (unpaired) electrons. The number of fused-ring (bicyclic) bond motifs is 6. The van der Waals surface area contributed by atoms with Crippen molar-refractivity contribution < 1.29 is 0 Å². The Hall–Kier alpha value is -4.42. The van der Waals surface area contributed by atoms with Crippen molar-refractivity contribution in [3.63, 3.8) is 0 Å². The molecule has 0 N–H and O–H groups in total. The lowest BCUT2D eigenvalue weighted by molar-refractivity contribution is 1.68. The third kappa shape index (κ3) is 2.23. The highest BCUT2D eigenvalue weighted by Crippen LogP contribution is 2.49. The Labute approximate surface area is 197 Å². The molecule has 0 atom stereocenters. The zero-order valence-electron chi connectivity index (χ0n) is 18.5. The van der Waals surface area contributed by atoms with Gasteiger partial charge in [-0.15, -0.1) is 0 Å². The van der Waals surface area contributed by atoms with Crippen molar-refractivity contribution in [2.45, 2.75) is 0 Å². The lowest BCUT2D eigenvalue weighted by Crippen LogP contribution is -1.93. The van der Waals surface area contributed by atoms with Gasteiger partial charge < -0.3 is 0 Å². The van der Waals surface area contributed by atoms with Gasteiger partial charge in [0.2, 0.25) is 0 Å². The molecule has 0 bridgehead atoms. The van der Waals surface area contributed by atoms with E-state index < -0.39 is 0 Å². The summed E-state index contributed by atoms with van der Waals surface area (Å²) in [7, 11) is 0. The van der Waals surface area contributed by atoms with E-state index in [1.54, 1.807) is 0 Å². The minimum Gasteiger partial charge on any atom is -0.0622 e. The van der Waals surface area contributed by atoms with Gasteiger partial charge in [0.05, 0.1) is 0 Å². The van der Waals surface area contributed by atoms with Crippen LogP contribution in [0.25, 0.3) is 75.8 Å². The quantitative estimate of drug-likeness (QED) is 0.180. The van der Waals surface area contributed by atoms with Crippen LogP contribution in [0, 0.1) is 0 Å². The van der Waals surface area contributed by atoms with Gasteiger partial charge in [-0.3, -0.25) is 0 Å². The molecule has 0 saturated carbocycles. The second kappa shape index (κ2) is 6.56. The Bertz CT molecular complexity index is 2050. The summed E-state index contributed by atoms with van der Waals surface area (Å²) in [6, 6.07) is 44.7. The first-order valence-electron chi connectivity index (χ1n) is 11.9. The van der Waals surface area contributed by atoms with Crippen molar-refractivity contribution in [2.24, 2.45) is 0 Å². The Balaban J connectivity index is 1.81. The fourth-order valence-corrected chi connectivity index (χ4v) is 6.22. The zero-order valence-corrected chi connectivity index (χ0v) is 18.5. The SMILES string of the molecule is c1ccc(-c2c3ccccc3c3cccc4c5cccc6c7ccccc7cc(c2c34)c65)cc1. The molecule has 8 aromatic carbocycles. The molecule has 156 valence electrons.